The average molecular weight is 254 g/mol. The summed E-state index contributed by atoms with van der Waals surface area (Å²) in [5, 5.41) is 3.59. The van der Waals surface area contributed by atoms with Gasteiger partial charge in [-0.3, -0.25) is 0 Å². The van der Waals surface area contributed by atoms with Gasteiger partial charge in [0.2, 0.25) is 0 Å². The molecule has 1 heterocycles. The van der Waals surface area contributed by atoms with Crippen molar-refractivity contribution in [1.29, 1.82) is 0 Å². The fourth-order valence-corrected chi connectivity index (χ4v) is 2.88. The van der Waals surface area contributed by atoms with E-state index < -0.39 is 0 Å². The fourth-order valence-electron chi connectivity index (χ4n) is 2.88. The Hall–Kier alpha value is -1.54. The van der Waals surface area contributed by atoms with Gasteiger partial charge in [0, 0.05) is 25.0 Å². The van der Waals surface area contributed by atoms with Crippen LogP contribution in [0.1, 0.15) is 48.1 Å². The van der Waals surface area contributed by atoms with Crippen molar-refractivity contribution < 1.29 is 0 Å². The van der Waals surface area contributed by atoms with Crippen molar-refractivity contribution in [3.63, 3.8) is 0 Å². The van der Waals surface area contributed by atoms with E-state index in [0.29, 0.717) is 6.04 Å². The van der Waals surface area contributed by atoms with Gasteiger partial charge >= 0.3 is 0 Å². The molecule has 0 aliphatic heterocycles. The van der Waals surface area contributed by atoms with E-state index in [4.69, 9.17) is 0 Å². The molecule has 1 aliphatic rings. The molecule has 2 heteroatoms. The van der Waals surface area contributed by atoms with Crippen LogP contribution in [0.3, 0.4) is 0 Å². The molecule has 0 saturated heterocycles. The Morgan fingerprint density at radius 2 is 2.00 bits per heavy atom. The van der Waals surface area contributed by atoms with Gasteiger partial charge in [0.05, 0.1) is 0 Å². The summed E-state index contributed by atoms with van der Waals surface area (Å²) in [5.41, 5.74) is 5.85. The molecule has 1 aliphatic carbocycles. The minimum Gasteiger partial charge on any atom is -0.367 e. The molecule has 0 fully saturated rings. The highest BCUT2D eigenvalue weighted by molar-refractivity contribution is 5.35. The summed E-state index contributed by atoms with van der Waals surface area (Å²) in [5.74, 6) is 0. The van der Waals surface area contributed by atoms with E-state index in [0.717, 1.165) is 6.54 Å². The molecule has 1 atom stereocenters. The fraction of sp³-hybridized carbons (Fsp3) is 0.412. The first kappa shape index (κ1) is 12.5. The molecule has 19 heavy (non-hydrogen) atoms. The zero-order valence-electron chi connectivity index (χ0n) is 11.6. The quantitative estimate of drug-likeness (QED) is 0.854. The number of hydrogen-bond acceptors (Lipinski definition) is 1. The summed E-state index contributed by atoms with van der Waals surface area (Å²) < 4.78 is 0. The van der Waals surface area contributed by atoms with Gasteiger partial charge in [0.1, 0.15) is 0 Å². The van der Waals surface area contributed by atoms with Crippen LogP contribution in [-0.2, 0) is 19.4 Å². The van der Waals surface area contributed by atoms with Crippen molar-refractivity contribution in [3.8, 4) is 0 Å². The summed E-state index contributed by atoms with van der Waals surface area (Å²) in [7, 11) is 0. The first-order valence-corrected chi connectivity index (χ1v) is 7.29. The zero-order valence-corrected chi connectivity index (χ0v) is 11.6. The van der Waals surface area contributed by atoms with Crippen LogP contribution in [0.4, 0.5) is 0 Å². The normalized spacial score (nSPS) is 16.1. The second-order valence-corrected chi connectivity index (χ2v) is 5.56. The summed E-state index contributed by atoms with van der Waals surface area (Å²) in [4.78, 5) is 3.09. The van der Waals surface area contributed by atoms with Crippen LogP contribution >= 0.6 is 0 Å². The lowest BCUT2D eigenvalue weighted by Gasteiger charge is -2.20. The lowest BCUT2D eigenvalue weighted by atomic mass is 9.89. The predicted molar refractivity (Wildman–Crippen MR) is 79.1 cm³/mol. The van der Waals surface area contributed by atoms with E-state index in [1.54, 1.807) is 11.1 Å². The summed E-state index contributed by atoms with van der Waals surface area (Å²) in [6.45, 7) is 3.17. The van der Waals surface area contributed by atoms with Crippen LogP contribution < -0.4 is 5.32 Å². The van der Waals surface area contributed by atoms with E-state index in [9.17, 15) is 0 Å². The number of fused-ring (bicyclic) bond motifs is 1. The largest absolute Gasteiger partial charge is 0.367 e. The molecule has 0 saturated carbocycles. The van der Waals surface area contributed by atoms with E-state index >= 15 is 0 Å². The lowest BCUT2D eigenvalue weighted by Crippen LogP contribution is -2.18. The van der Waals surface area contributed by atoms with Gasteiger partial charge in [0.25, 0.3) is 0 Å². The number of benzene rings is 1. The molecular weight excluding hydrogens is 232 g/mol. The minimum absolute atomic E-state index is 0.405. The highest BCUT2D eigenvalue weighted by atomic mass is 14.9. The SMILES string of the molecule is CC(NCc1cc[nH]c1)c1ccc2c(c1)CCCC2. The Labute approximate surface area is 115 Å². The molecule has 0 amide bonds. The van der Waals surface area contributed by atoms with Crippen LogP contribution in [-0.4, -0.2) is 4.98 Å². The van der Waals surface area contributed by atoms with Crippen molar-refractivity contribution in [1.82, 2.24) is 10.3 Å². The van der Waals surface area contributed by atoms with Gasteiger partial charge in [-0.05, 0) is 60.9 Å². The van der Waals surface area contributed by atoms with Crippen LogP contribution in [0.5, 0.6) is 0 Å². The average Bonchev–Trinajstić information content (AvgIpc) is 2.97. The van der Waals surface area contributed by atoms with Crippen molar-refractivity contribution in [2.45, 2.75) is 45.2 Å². The Balaban J connectivity index is 1.67. The van der Waals surface area contributed by atoms with Crippen LogP contribution in [0, 0.1) is 0 Å². The number of H-pyrrole nitrogens is 1. The highest BCUT2D eigenvalue weighted by Gasteiger charge is 2.12. The maximum absolute atomic E-state index is 3.59. The molecule has 0 radical (unpaired) electrons. The molecular formula is C17H22N2. The number of nitrogens with one attached hydrogen (secondary N) is 2. The van der Waals surface area contributed by atoms with Gasteiger partial charge < -0.3 is 10.3 Å². The molecule has 2 nitrogen and oxygen atoms in total. The molecule has 2 N–H and O–H groups in total. The number of rotatable bonds is 4. The summed E-state index contributed by atoms with van der Waals surface area (Å²) in [6, 6.07) is 9.55. The Morgan fingerprint density at radius 1 is 1.16 bits per heavy atom. The standard InChI is InChI=1S/C17H22N2/c1-13(19-12-14-8-9-18-11-14)16-7-6-15-4-2-3-5-17(15)10-16/h6-11,13,18-19H,2-5,12H2,1H3. The Bertz CT molecular complexity index is 528. The minimum atomic E-state index is 0.405. The van der Waals surface area contributed by atoms with Crippen molar-refractivity contribution in [2.24, 2.45) is 0 Å². The molecule has 0 spiro atoms. The molecule has 1 aromatic heterocycles. The number of aryl methyl sites for hydroxylation is 2. The van der Waals surface area contributed by atoms with Crippen LogP contribution in [0.15, 0.2) is 36.7 Å². The van der Waals surface area contributed by atoms with Crippen molar-refractivity contribution >= 4 is 0 Å². The van der Waals surface area contributed by atoms with E-state index in [1.807, 2.05) is 12.4 Å². The highest BCUT2D eigenvalue weighted by Crippen LogP contribution is 2.24. The topological polar surface area (TPSA) is 27.8 Å². The molecule has 100 valence electrons. The van der Waals surface area contributed by atoms with Gasteiger partial charge in [0.15, 0.2) is 0 Å². The molecule has 0 bridgehead atoms. The van der Waals surface area contributed by atoms with Crippen molar-refractivity contribution in [3.05, 3.63) is 58.9 Å². The Kier molecular flexibility index (Phi) is 3.69. The molecule has 3 rings (SSSR count). The summed E-state index contributed by atoms with van der Waals surface area (Å²) >= 11 is 0. The monoisotopic (exact) mass is 254 g/mol. The van der Waals surface area contributed by atoms with Gasteiger partial charge in [-0.2, -0.15) is 0 Å². The predicted octanol–water partition coefficient (Wildman–Crippen LogP) is 3.74. The van der Waals surface area contributed by atoms with Crippen molar-refractivity contribution in [2.75, 3.05) is 0 Å². The zero-order chi connectivity index (χ0) is 13.1. The number of aromatic nitrogens is 1. The third kappa shape index (κ3) is 2.90. The molecule has 2 aromatic rings. The molecule has 1 aromatic carbocycles. The van der Waals surface area contributed by atoms with E-state index in [1.165, 1.54) is 36.8 Å². The maximum Gasteiger partial charge on any atom is 0.0295 e. The smallest absolute Gasteiger partial charge is 0.0295 e. The second kappa shape index (κ2) is 5.62. The second-order valence-electron chi connectivity index (χ2n) is 5.56. The number of hydrogen-bond donors (Lipinski definition) is 2. The van der Waals surface area contributed by atoms with Gasteiger partial charge in [-0.1, -0.05) is 18.2 Å². The first-order chi connectivity index (χ1) is 9.33. The first-order valence-electron chi connectivity index (χ1n) is 7.29. The Morgan fingerprint density at radius 3 is 2.79 bits per heavy atom. The van der Waals surface area contributed by atoms with Crippen LogP contribution in [0.25, 0.3) is 0 Å². The van der Waals surface area contributed by atoms with E-state index in [2.05, 4.69) is 41.5 Å². The van der Waals surface area contributed by atoms with Gasteiger partial charge in [-0.15, -0.1) is 0 Å². The number of aromatic amines is 1. The maximum atomic E-state index is 3.59. The summed E-state index contributed by atoms with van der Waals surface area (Å²) in [6.07, 6.45) is 9.25. The van der Waals surface area contributed by atoms with Crippen LogP contribution in [0.2, 0.25) is 0 Å². The van der Waals surface area contributed by atoms with Gasteiger partial charge in [-0.25, -0.2) is 0 Å². The third-order valence-corrected chi connectivity index (χ3v) is 4.15. The van der Waals surface area contributed by atoms with E-state index in [-0.39, 0.29) is 0 Å². The third-order valence-electron chi connectivity index (χ3n) is 4.15. The molecule has 1 unspecified atom stereocenters. The lowest BCUT2D eigenvalue weighted by molar-refractivity contribution is 0.572.